The van der Waals surface area contributed by atoms with Crippen molar-refractivity contribution in [3.63, 3.8) is 0 Å². The third-order valence-corrected chi connectivity index (χ3v) is 9.12. The maximum Gasteiger partial charge on any atom is 0.136 e. The monoisotopic (exact) mass is 588 g/mol. The number of allylic oxidation sites excluding steroid dienone is 10. The molecule has 0 amide bonds. The Bertz CT molecular complexity index is 2040. The molecule has 3 aliphatic rings. The number of fused-ring (bicyclic) bond motifs is 7. The number of para-hydroxylation sites is 1. The molecule has 3 aliphatic carbocycles. The van der Waals surface area contributed by atoms with E-state index in [0.717, 1.165) is 52.0 Å². The molecule has 0 fully saturated rings. The molecule has 1 unspecified atom stereocenters. The highest BCUT2D eigenvalue weighted by Gasteiger charge is 2.54. The van der Waals surface area contributed by atoms with Gasteiger partial charge in [-0.25, -0.2) is 0 Å². The van der Waals surface area contributed by atoms with E-state index in [-0.39, 0.29) is 0 Å². The molecule has 5 nitrogen and oxygen atoms in total. The van der Waals surface area contributed by atoms with Gasteiger partial charge in [-0.1, -0.05) is 78.9 Å². The Kier molecular flexibility index (Phi) is 7.22. The standard InChI is InChI=1S/C40H36N4O/c1-2-9-33-39(38-24-28-10-3-6-14-37(28)45-38)31-11-4-5-12-32(31)40(33)34-22-26(25-44-21-8-20-42)15-17-29(34)30-18-16-27(23-35(30)40)36(43)13-7-19-41/h2-15,17,19-24H,16,18,25,41-43H2,1H3/b9-2-,19-7-,20-8-,36-13-,44-21?. The zero-order chi connectivity index (χ0) is 31.0. The molecule has 1 heterocycles. The maximum atomic E-state index is 6.65. The minimum Gasteiger partial charge on any atom is -0.456 e. The highest BCUT2D eigenvalue weighted by molar-refractivity contribution is 6.01. The van der Waals surface area contributed by atoms with E-state index >= 15 is 0 Å². The average molecular weight is 589 g/mol. The lowest BCUT2D eigenvalue weighted by Crippen LogP contribution is -2.28. The van der Waals surface area contributed by atoms with Crippen LogP contribution in [0.15, 0.2) is 153 Å². The first kappa shape index (κ1) is 28.2. The lowest BCUT2D eigenvalue weighted by atomic mass is 9.67. The third-order valence-electron chi connectivity index (χ3n) is 9.12. The fraction of sp³-hybridized carbons (Fsp3) is 0.125. The molecule has 1 atom stereocenters. The summed E-state index contributed by atoms with van der Waals surface area (Å²) in [7, 11) is 0. The molecule has 4 aromatic rings. The van der Waals surface area contributed by atoms with E-state index < -0.39 is 5.41 Å². The van der Waals surface area contributed by atoms with Crippen molar-refractivity contribution < 1.29 is 4.42 Å². The topological polar surface area (TPSA) is 104 Å². The summed E-state index contributed by atoms with van der Waals surface area (Å²) in [5, 5.41) is 1.09. The smallest absolute Gasteiger partial charge is 0.136 e. The zero-order valence-electron chi connectivity index (χ0n) is 25.3. The van der Waals surface area contributed by atoms with Crippen LogP contribution in [-0.4, -0.2) is 6.21 Å². The van der Waals surface area contributed by atoms with Crippen molar-refractivity contribution in [2.75, 3.05) is 0 Å². The van der Waals surface area contributed by atoms with Crippen LogP contribution >= 0.6 is 0 Å². The summed E-state index contributed by atoms with van der Waals surface area (Å²) in [6.45, 7) is 2.64. The van der Waals surface area contributed by atoms with E-state index in [9.17, 15) is 0 Å². The van der Waals surface area contributed by atoms with Gasteiger partial charge >= 0.3 is 0 Å². The van der Waals surface area contributed by atoms with Gasteiger partial charge in [0.2, 0.25) is 0 Å². The van der Waals surface area contributed by atoms with Crippen LogP contribution in [0.25, 0.3) is 22.1 Å². The van der Waals surface area contributed by atoms with Gasteiger partial charge in [-0.2, -0.15) is 0 Å². The molecule has 222 valence electrons. The van der Waals surface area contributed by atoms with Gasteiger partial charge in [0.15, 0.2) is 0 Å². The van der Waals surface area contributed by atoms with E-state index in [4.69, 9.17) is 21.6 Å². The van der Waals surface area contributed by atoms with E-state index in [1.54, 1.807) is 18.4 Å². The molecule has 0 bridgehead atoms. The molecule has 0 aliphatic heterocycles. The van der Waals surface area contributed by atoms with Crippen LogP contribution in [0, 0.1) is 0 Å². The molecule has 45 heavy (non-hydrogen) atoms. The molecule has 1 aromatic heterocycles. The Labute approximate surface area is 263 Å². The Hall–Kier alpha value is -5.55. The number of furan rings is 1. The second-order valence-corrected chi connectivity index (χ2v) is 11.6. The predicted octanol–water partition coefficient (Wildman–Crippen LogP) is 7.96. The molecule has 7 rings (SSSR count). The Balaban J connectivity index is 1.56. The van der Waals surface area contributed by atoms with Gasteiger partial charge in [0.05, 0.1) is 12.0 Å². The van der Waals surface area contributed by atoms with E-state index in [2.05, 4.69) is 90.8 Å². The summed E-state index contributed by atoms with van der Waals surface area (Å²) >= 11 is 0. The SMILES string of the molecule is C/C=C\C1=C(c2cc3ccccc3o2)c2ccccc2C12C1=C(CCC(/C(N)=C/C=C\N)=C1)c1ccc(CN=C/C=C\N)cc12. The first-order valence-electron chi connectivity index (χ1n) is 15.4. The number of benzene rings is 3. The third kappa shape index (κ3) is 4.42. The van der Waals surface area contributed by atoms with Crippen LogP contribution in [0.4, 0.5) is 0 Å². The summed E-state index contributed by atoms with van der Waals surface area (Å²) in [5.41, 5.74) is 31.1. The summed E-state index contributed by atoms with van der Waals surface area (Å²) < 4.78 is 6.61. The van der Waals surface area contributed by atoms with Gasteiger partial charge in [-0.3, -0.25) is 4.99 Å². The van der Waals surface area contributed by atoms with Crippen LogP contribution in [0.3, 0.4) is 0 Å². The minimum absolute atomic E-state index is 0.557. The first-order valence-corrected chi connectivity index (χ1v) is 15.4. The molecule has 0 saturated carbocycles. The lowest BCUT2D eigenvalue weighted by Gasteiger charge is -2.34. The van der Waals surface area contributed by atoms with Crippen molar-refractivity contribution in [1.82, 2.24) is 0 Å². The van der Waals surface area contributed by atoms with Gasteiger partial charge in [-0.15, -0.1) is 0 Å². The first-order chi connectivity index (χ1) is 22.1. The fourth-order valence-corrected chi connectivity index (χ4v) is 7.34. The average Bonchev–Trinajstić information content (AvgIpc) is 3.71. The molecule has 0 radical (unpaired) electrons. The highest BCUT2D eigenvalue weighted by atomic mass is 16.3. The van der Waals surface area contributed by atoms with Gasteiger partial charge in [0.25, 0.3) is 0 Å². The predicted molar refractivity (Wildman–Crippen MR) is 186 cm³/mol. The Morgan fingerprint density at radius 1 is 0.911 bits per heavy atom. The number of nitrogens with zero attached hydrogens (tertiary/aromatic N) is 1. The highest BCUT2D eigenvalue weighted by Crippen LogP contribution is 2.64. The quantitative estimate of drug-likeness (QED) is 0.151. The molecule has 0 saturated heterocycles. The van der Waals surface area contributed by atoms with Crippen LogP contribution in [0.1, 0.15) is 53.3 Å². The Morgan fingerprint density at radius 3 is 2.56 bits per heavy atom. The van der Waals surface area contributed by atoms with Gasteiger partial charge in [0, 0.05) is 22.9 Å². The number of hydrogen-bond donors (Lipinski definition) is 3. The number of hydrogen-bond acceptors (Lipinski definition) is 5. The number of aliphatic imine (C=N–C) groups is 1. The molecular formula is C40H36N4O. The van der Waals surface area contributed by atoms with Crippen molar-refractivity contribution in [3.8, 4) is 0 Å². The number of nitrogens with two attached hydrogens (primary N) is 3. The van der Waals surface area contributed by atoms with Crippen LogP contribution < -0.4 is 17.2 Å². The zero-order valence-corrected chi connectivity index (χ0v) is 25.3. The molecule has 3 aromatic carbocycles. The van der Waals surface area contributed by atoms with Gasteiger partial charge < -0.3 is 21.6 Å². The summed E-state index contributed by atoms with van der Waals surface area (Å²) in [6.07, 6.45) is 18.7. The summed E-state index contributed by atoms with van der Waals surface area (Å²) in [6, 6.07) is 26.0. The summed E-state index contributed by atoms with van der Waals surface area (Å²) in [4.78, 5) is 4.61. The van der Waals surface area contributed by atoms with E-state index in [0.29, 0.717) is 6.54 Å². The molecule has 6 N–H and O–H groups in total. The fourth-order valence-electron chi connectivity index (χ4n) is 7.34. The number of rotatable bonds is 7. The van der Waals surface area contributed by atoms with Crippen molar-refractivity contribution in [3.05, 3.63) is 178 Å². The van der Waals surface area contributed by atoms with Crippen molar-refractivity contribution >= 4 is 28.3 Å². The van der Waals surface area contributed by atoms with Gasteiger partial charge in [0.1, 0.15) is 11.3 Å². The van der Waals surface area contributed by atoms with Crippen molar-refractivity contribution in [1.29, 1.82) is 0 Å². The van der Waals surface area contributed by atoms with Crippen LogP contribution in [0.2, 0.25) is 0 Å². The second-order valence-electron chi connectivity index (χ2n) is 11.6. The largest absolute Gasteiger partial charge is 0.456 e. The van der Waals surface area contributed by atoms with Gasteiger partial charge in [-0.05, 0) is 113 Å². The van der Waals surface area contributed by atoms with E-state index in [1.165, 1.54) is 51.4 Å². The van der Waals surface area contributed by atoms with Crippen LogP contribution in [-0.2, 0) is 12.0 Å². The molecule has 1 spiro atoms. The molecular weight excluding hydrogens is 552 g/mol. The normalized spacial score (nSPS) is 19.7. The summed E-state index contributed by atoms with van der Waals surface area (Å²) in [5.74, 6) is 0.867. The second kappa shape index (κ2) is 11.5. The molecule has 5 heteroatoms. The van der Waals surface area contributed by atoms with Crippen LogP contribution in [0.5, 0.6) is 0 Å². The minimum atomic E-state index is -0.561. The lowest BCUT2D eigenvalue weighted by molar-refractivity contribution is 0.600. The maximum absolute atomic E-state index is 6.65. The Morgan fingerprint density at radius 2 is 1.73 bits per heavy atom. The van der Waals surface area contributed by atoms with E-state index in [1.807, 2.05) is 18.2 Å². The van der Waals surface area contributed by atoms with Crippen molar-refractivity contribution in [2.24, 2.45) is 22.2 Å². The van der Waals surface area contributed by atoms with Crippen molar-refractivity contribution in [2.45, 2.75) is 31.7 Å².